The molecule has 1 aromatic carbocycles. The number of aromatic hydroxyl groups is 1. The first-order valence-corrected chi connectivity index (χ1v) is 7.04. The van der Waals surface area contributed by atoms with Gasteiger partial charge in [-0.1, -0.05) is 0 Å². The Balaban J connectivity index is 2.04. The molecule has 3 aromatic rings. The summed E-state index contributed by atoms with van der Waals surface area (Å²) in [5.74, 6) is -1.03. The Bertz CT molecular complexity index is 850. The molecule has 21 heavy (non-hydrogen) atoms. The predicted octanol–water partition coefficient (Wildman–Crippen LogP) is 3.49. The van der Waals surface area contributed by atoms with Gasteiger partial charge >= 0.3 is 5.97 Å². The SMILES string of the molecule is O=C(O)c1cc(Nc2nc(Cl)nc3sccc23)ccc1O. The number of halogens is 1. The molecule has 2 heterocycles. The van der Waals surface area contributed by atoms with E-state index in [4.69, 9.17) is 16.7 Å². The average molecular weight is 322 g/mol. The van der Waals surface area contributed by atoms with Crippen molar-refractivity contribution in [3.05, 3.63) is 40.5 Å². The molecule has 0 saturated heterocycles. The standard InChI is InChI=1S/C13H8ClN3O3S/c14-13-16-10(7-3-4-21-11(7)17-13)15-6-1-2-9(18)8(5-6)12(19)20/h1-5,18H,(H,19,20)(H,15,16,17). The number of fused-ring (bicyclic) bond motifs is 1. The molecule has 0 radical (unpaired) electrons. The summed E-state index contributed by atoms with van der Waals surface area (Å²) in [6.07, 6.45) is 0. The number of aromatic nitrogens is 2. The molecular formula is C13H8ClN3O3S. The highest BCUT2D eigenvalue weighted by atomic mass is 35.5. The van der Waals surface area contributed by atoms with Crippen LogP contribution in [0.3, 0.4) is 0 Å². The van der Waals surface area contributed by atoms with Gasteiger partial charge in [0.15, 0.2) is 0 Å². The maximum Gasteiger partial charge on any atom is 0.339 e. The fourth-order valence-electron chi connectivity index (χ4n) is 1.85. The number of carbonyl (C=O) groups is 1. The summed E-state index contributed by atoms with van der Waals surface area (Å²) < 4.78 is 0. The Kier molecular flexibility index (Phi) is 3.36. The number of aromatic carboxylic acids is 1. The molecule has 0 fully saturated rings. The Morgan fingerprint density at radius 1 is 1.29 bits per heavy atom. The number of hydrogen-bond donors (Lipinski definition) is 3. The number of rotatable bonds is 3. The molecule has 0 aliphatic heterocycles. The second kappa shape index (κ2) is 5.19. The third-order valence-corrected chi connectivity index (χ3v) is 3.76. The Morgan fingerprint density at radius 3 is 2.86 bits per heavy atom. The van der Waals surface area contributed by atoms with E-state index in [0.717, 1.165) is 10.2 Å². The largest absolute Gasteiger partial charge is 0.507 e. The number of carboxylic acid groups (broad SMARTS) is 1. The molecule has 0 amide bonds. The van der Waals surface area contributed by atoms with Crippen molar-refractivity contribution in [2.75, 3.05) is 5.32 Å². The van der Waals surface area contributed by atoms with Crippen molar-refractivity contribution in [3.8, 4) is 5.75 Å². The number of anilines is 2. The summed E-state index contributed by atoms with van der Waals surface area (Å²) >= 11 is 7.29. The van der Waals surface area contributed by atoms with Crippen LogP contribution >= 0.6 is 22.9 Å². The van der Waals surface area contributed by atoms with Gasteiger partial charge in [0, 0.05) is 5.69 Å². The van der Waals surface area contributed by atoms with E-state index in [0.29, 0.717) is 11.5 Å². The normalized spacial score (nSPS) is 10.7. The summed E-state index contributed by atoms with van der Waals surface area (Å²) in [7, 11) is 0. The first kappa shape index (κ1) is 13.6. The van der Waals surface area contributed by atoms with E-state index in [1.54, 1.807) is 6.07 Å². The van der Waals surface area contributed by atoms with E-state index >= 15 is 0 Å². The van der Waals surface area contributed by atoms with E-state index in [-0.39, 0.29) is 16.6 Å². The maximum atomic E-state index is 11.0. The summed E-state index contributed by atoms with van der Waals surface area (Å²) in [4.78, 5) is 20.0. The lowest BCUT2D eigenvalue weighted by atomic mass is 10.2. The van der Waals surface area contributed by atoms with Crippen LogP contribution < -0.4 is 5.32 Å². The summed E-state index contributed by atoms with van der Waals surface area (Å²) in [6, 6.07) is 6.03. The molecule has 8 heteroatoms. The number of carboxylic acids is 1. The third kappa shape index (κ3) is 2.61. The van der Waals surface area contributed by atoms with E-state index < -0.39 is 5.97 Å². The molecule has 0 saturated carbocycles. The minimum atomic E-state index is -1.21. The highest BCUT2D eigenvalue weighted by Gasteiger charge is 2.12. The second-order valence-corrected chi connectivity index (χ2v) is 5.38. The number of thiophene rings is 1. The lowest BCUT2D eigenvalue weighted by molar-refractivity contribution is 0.0694. The highest BCUT2D eigenvalue weighted by Crippen LogP contribution is 2.30. The summed E-state index contributed by atoms with van der Waals surface area (Å²) in [5.41, 5.74) is 0.286. The topological polar surface area (TPSA) is 95.3 Å². The molecule has 6 nitrogen and oxygen atoms in total. The molecule has 0 atom stereocenters. The summed E-state index contributed by atoms with van der Waals surface area (Å²) in [6.45, 7) is 0. The minimum Gasteiger partial charge on any atom is -0.507 e. The quantitative estimate of drug-likeness (QED) is 0.505. The van der Waals surface area contributed by atoms with Crippen LogP contribution in [0.15, 0.2) is 29.6 Å². The van der Waals surface area contributed by atoms with Crippen molar-refractivity contribution in [1.82, 2.24) is 9.97 Å². The first-order chi connectivity index (χ1) is 10.0. The molecule has 3 N–H and O–H groups in total. The van der Waals surface area contributed by atoms with Gasteiger partial charge in [-0.3, -0.25) is 0 Å². The van der Waals surface area contributed by atoms with E-state index in [1.807, 2.05) is 11.4 Å². The zero-order valence-corrected chi connectivity index (χ0v) is 11.9. The van der Waals surface area contributed by atoms with Crippen molar-refractivity contribution >= 4 is 50.6 Å². The number of nitrogens with zero attached hydrogens (tertiary/aromatic N) is 2. The first-order valence-electron chi connectivity index (χ1n) is 5.78. The summed E-state index contributed by atoms with van der Waals surface area (Å²) in [5, 5.41) is 24.2. The van der Waals surface area contributed by atoms with Crippen molar-refractivity contribution in [2.45, 2.75) is 0 Å². The molecule has 0 aliphatic rings. The number of hydrogen-bond acceptors (Lipinski definition) is 6. The monoisotopic (exact) mass is 321 g/mol. The van der Waals surface area contributed by atoms with Gasteiger partial charge < -0.3 is 15.5 Å². The van der Waals surface area contributed by atoms with Crippen molar-refractivity contribution in [3.63, 3.8) is 0 Å². The van der Waals surface area contributed by atoms with Crippen LogP contribution in [-0.2, 0) is 0 Å². The van der Waals surface area contributed by atoms with Crippen LogP contribution in [0.2, 0.25) is 5.28 Å². The zero-order valence-electron chi connectivity index (χ0n) is 10.4. The van der Waals surface area contributed by atoms with Gasteiger partial charge in [-0.15, -0.1) is 11.3 Å². The van der Waals surface area contributed by atoms with Crippen LogP contribution in [0.25, 0.3) is 10.2 Å². The van der Waals surface area contributed by atoms with Crippen LogP contribution in [0, 0.1) is 0 Å². The van der Waals surface area contributed by atoms with Gasteiger partial charge in [-0.2, -0.15) is 4.98 Å². The van der Waals surface area contributed by atoms with Crippen LogP contribution in [0.4, 0.5) is 11.5 Å². The van der Waals surface area contributed by atoms with Gasteiger partial charge in [0.25, 0.3) is 0 Å². The fraction of sp³-hybridized carbons (Fsp3) is 0. The van der Waals surface area contributed by atoms with Crippen molar-refractivity contribution in [2.24, 2.45) is 0 Å². The predicted molar refractivity (Wildman–Crippen MR) is 80.8 cm³/mol. The molecule has 0 aliphatic carbocycles. The van der Waals surface area contributed by atoms with Gasteiger partial charge in [0.2, 0.25) is 5.28 Å². The lowest BCUT2D eigenvalue weighted by Crippen LogP contribution is -2.00. The van der Waals surface area contributed by atoms with Gasteiger partial charge in [-0.05, 0) is 41.2 Å². The van der Waals surface area contributed by atoms with Crippen molar-refractivity contribution < 1.29 is 15.0 Å². The molecule has 3 rings (SSSR count). The lowest BCUT2D eigenvalue weighted by Gasteiger charge is -2.08. The Hall–Kier alpha value is -2.38. The van der Waals surface area contributed by atoms with Crippen LogP contribution in [0.1, 0.15) is 10.4 Å². The van der Waals surface area contributed by atoms with Gasteiger partial charge in [0.05, 0.1) is 5.39 Å². The van der Waals surface area contributed by atoms with Crippen molar-refractivity contribution in [1.29, 1.82) is 0 Å². The van der Waals surface area contributed by atoms with Gasteiger partial charge in [0.1, 0.15) is 22.0 Å². The fourth-order valence-corrected chi connectivity index (χ4v) is 2.83. The molecule has 0 unspecified atom stereocenters. The smallest absolute Gasteiger partial charge is 0.339 e. The number of nitrogens with one attached hydrogen (secondary N) is 1. The average Bonchev–Trinajstić information content (AvgIpc) is 2.88. The maximum absolute atomic E-state index is 11.0. The van der Waals surface area contributed by atoms with Crippen LogP contribution in [-0.4, -0.2) is 26.2 Å². The van der Waals surface area contributed by atoms with E-state index in [1.165, 1.54) is 23.5 Å². The number of benzene rings is 1. The Labute approximate surface area is 127 Å². The van der Waals surface area contributed by atoms with E-state index in [9.17, 15) is 9.90 Å². The molecule has 106 valence electrons. The van der Waals surface area contributed by atoms with Crippen LogP contribution in [0.5, 0.6) is 5.75 Å². The van der Waals surface area contributed by atoms with E-state index in [2.05, 4.69) is 15.3 Å². The second-order valence-electron chi connectivity index (χ2n) is 4.14. The Morgan fingerprint density at radius 2 is 2.10 bits per heavy atom. The molecule has 2 aromatic heterocycles. The van der Waals surface area contributed by atoms with Gasteiger partial charge in [-0.25, -0.2) is 9.78 Å². The molecular weight excluding hydrogens is 314 g/mol. The molecule has 0 bridgehead atoms. The molecule has 0 spiro atoms. The highest BCUT2D eigenvalue weighted by molar-refractivity contribution is 7.16. The minimum absolute atomic E-state index is 0.102. The third-order valence-electron chi connectivity index (χ3n) is 2.79. The zero-order chi connectivity index (χ0) is 15.0. The number of phenols is 1.